The second-order valence-corrected chi connectivity index (χ2v) is 4.41. The summed E-state index contributed by atoms with van der Waals surface area (Å²) in [6.07, 6.45) is 0.342. The fourth-order valence-corrected chi connectivity index (χ4v) is 1.60. The number of hydrogen-bond donors (Lipinski definition) is 2. The fourth-order valence-electron chi connectivity index (χ4n) is 1.36. The molecule has 1 aromatic rings. The van der Waals surface area contributed by atoms with E-state index in [1.165, 1.54) is 0 Å². The number of carbonyl (C=O) groups excluding carboxylic acids is 1. The van der Waals surface area contributed by atoms with Gasteiger partial charge in [0.15, 0.2) is 11.0 Å². The lowest BCUT2D eigenvalue weighted by molar-refractivity contribution is -0.121. The molecule has 0 unspecified atom stereocenters. The third-order valence-corrected chi connectivity index (χ3v) is 2.80. The maximum absolute atomic E-state index is 11.4. The van der Waals surface area contributed by atoms with Crippen LogP contribution in [0.3, 0.4) is 0 Å². The molecule has 2 N–H and O–H groups in total. The second-order valence-electron chi connectivity index (χ2n) is 4.05. The Hall–Kier alpha value is -1.40. The van der Waals surface area contributed by atoms with Gasteiger partial charge in [0.2, 0.25) is 5.91 Å². The molecular formula is C12H19ClN4O2. The van der Waals surface area contributed by atoms with E-state index in [0.717, 1.165) is 11.4 Å². The van der Waals surface area contributed by atoms with Crippen LogP contribution in [0.25, 0.3) is 0 Å². The van der Waals surface area contributed by atoms with Crippen molar-refractivity contribution in [3.63, 3.8) is 0 Å². The smallest absolute Gasteiger partial charge is 0.221 e. The van der Waals surface area contributed by atoms with Gasteiger partial charge in [0.1, 0.15) is 0 Å². The predicted octanol–water partition coefficient (Wildman–Crippen LogP) is 1.31. The van der Waals surface area contributed by atoms with Crippen molar-refractivity contribution in [1.29, 1.82) is 0 Å². The van der Waals surface area contributed by atoms with Crippen molar-refractivity contribution >= 4 is 23.3 Å². The fraction of sp³-hybridized carbons (Fsp3) is 0.583. The summed E-state index contributed by atoms with van der Waals surface area (Å²) in [5, 5.41) is 6.06. The summed E-state index contributed by atoms with van der Waals surface area (Å²) in [5.41, 5.74) is 1.62. The van der Waals surface area contributed by atoms with E-state index in [9.17, 15) is 4.79 Å². The highest BCUT2D eigenvalue weighted by Gasteiger charge is 2.07. The largest absolute Gasteiger partial charge is 0.383 e. The molecule has 0 aliphatic rings. The summed E-state index contributed by atoms with van der Waals surface area (Å²) in [5.74, 6) is 0.465. The highest BCUT2D eigenvalue weighted by atomic mass is 35.5. The van der Waals surface area contributed by atoms with Gasteiger partial charge in [0.25, 0.3) is 0 Å². The molecule has 6 nitrogen and oxygen atoms in total. The minimum Gasteiger partial charge on any atom is -0.383 e. The molecule has 0 saturated carbocycles. The maximum Gasteiger partial charge on any atom is 0.221 e. The Morgan fingerprint density at radius 1 is 1.26 bits per heavy atom. The molecule has 7 heteroatoms. The van der Waals surface area contributed by atoms with E-state index in [2.05, 4.69) is 20.6 Å². The number of anilines is 1. The first-order valence-electron chi connectivity index (χ1n) is 6.05. The van der Waals surface area contributed by atoms with Gasteiger partial charge in [-0.25, -0.2) is 9.97 Å². The third-order valence-electron chi connectivity index (χ3n) is 2.54. The highest BCUT2D eigenvalue weighted by Crippen LogP contribution is 2.18. The van der Waals surface area contributed by atoms with Crippen LogP contribution in [-0.4, -0.2) is 42.7 Å². The quantitative estimate of drug-likeness (QED) is 0.739. The molecule has 106 valence electrons. The van der Waals surface area contributed by atoms with E-state index in [4.69, 9.17) is 16.3 Å². The zero-order valence-corrected chi connectivity index (χ0v) is 12.2. The lowest BCUT2D eigenvalue weighted by Gasteiger charge is -2.09. The van der Waals surface area contributed by atoms with Gasteiger partial charge in [-0.1, -0.05) is 11.6 Å². The van der Waals surface area contributed by atoms with Crippen LogP contribution in [0.4, 0.5) is 5.82 Å². The van der Waals surface area contributed by atoms with Gasteiger partial charge in [-0.15, -0.1) is 0 Å². The summed E-state index contributed by atoms with van der Waals surface area (Å²) < 4.78 is 4.84. The molecule has 0 spiro atoms. The Morgan fingerprint density at radius 3 is 2.63 bits per heavy atom. The van der Waals surface area contributed by atoms with E-state index in [0.29, 0.717) is 37.1 Å². The average molecular weight is 287 g/mol. The molecule has 1 amide bonds. The van der Waals surface area contributed by atoms with Crippen molar-refractivity contribution in [2.45, 2.75) is 20.3 Å². The molecule has 0 saturated heterocycles. The van der Waals surface area contributed by atoms with Crippen LogP contribution < -0.4 is 10.6 Å². The van der Waals surface area contributed by atoms with Crippen molar-refractivity contribution < 1.29 is 9.53 Å². The summed E-state index contributed by atoms with van der Waals surface area (Å²) in [4.78, 5) is 19.9. The number of nitrogens with zero attached hydrogens (tertiary/aromatic N) is 2. The van der Waals surface area contributed by atoms with Crippen LogP contribution in [0, 0.1) is 13.8 Å². The maximum atomic E-state index is 11.4. The average Bonchev–Trinajstić information content (AvgIpc) is 2.36. The molecule has 0 radical (unpaired) electrons. The first-order chi connectivity index (χ1) is 9.04. The number of nitrogens with one attached hydrogen (secondary N) is 2. The highest BCUT2D eigenvalue weighted by molar-refractivity contribution is 6.31. The van der Waals surface area contributed by atoms with Crippen molar-refractivity contribution in [2.24, 2.45) is 0 Å². The number of halogens is 1. The van der Waals surface area contributed by atoms with Crippen molar-refractivity contribution in [3.05, 3.63) is 16.5 Å². The minimum absolute atomic E-state index is 0.0440. The molecule has 0 aromatic carbocycles. The SMILES string of the molecule is COCCNC(=O)CCNc1nc(C)c(C)nc1Cl. The van der Waals surface area contributed by atoms with E-state index < -0.39 is 0 Å². The van der Waals surface area contributed by atoms with Gasteiger partial charge in [-0.3, -0.25) is 4.79 Å². The zero-order chi connectivity index (χ0) is 14.3. The summed E-state index contributed by atoms with van der Waals surface area (Å²) >= 11 is 5.97. The lowest BCUT2D eigenvalue weighted by atomic mass is 10.3. The number of carbonyl (C=O) groups is 1. The van der Waals surface area contributed by atoms with E-state index in [1.807, 2.05) is 13.8 Å². The van der Waals surface area contributed by atoms with Crippen molar-refractivity contribution in [2.75, 3.05) is 32.1 Å². The molecular weight excluding hydrogens is 268 g/mol. The van der Waals surface area contributed by atoms with Gasteiger partial charge in [0.05, 0.1) is 18.0 Å². The Bertz CT molecular complexity index is 440. The summed E-state index contributed by atoms with van der Waals surface area (Å²) in [6.45, 7) is 5.19. The van der Waals surface area contributed by atoms with E-state index >= 15 is 0 Å². The van der Waals surface area contributed by atoms with Crippen molar-refractivity contribution in [3.8, 4) is 0 Å². The Balaban J connectivity index is 2.37. The normalized spacial score (nSPS) is 10.3. The molecule has 0 atom stereocenters. The number of methoxy groups -OCH3 is 1. The van der Waals surface area contributed by atoms with Gasteiger partial charge < -0.3 is 15.4 Å². The van der Waals surface area contributed by atoms with Gasteiger partial charge >= 0.3 is 0 Å². The summed E-state index contributed by atoms with van der Waals surface area (Å²) in [6, 6.07) is 0. The zero-order valence-electron chi connectivity index (χ0n) is 11.4. The number of aryl methyl sites for hydroxylation is 2. The first-order valence-corrected chi connectivity index (χ1v) is 6.42. The number of rotatable bonds is 7. The van der Waals surface area contributed by atoms with E-state index in [-0.39, 0.29) is 5.91 Å². The number of hydrogen-bond acceptors (Lipinski definition) is 5. The molecule has 1 rings (SSSR count). The Kier molecular flexibility index (Phi) is 6.52. The van der Waals surface area contributed by atoms with Gasteiger partial charge in [-0.2, -0.15) is 0 Å². The number of aromatic nitrogens is 2. The third kappa shape index (κ3) is 5.40. The molecule has 1 aromatic heterocycles. The molecule has 19 heavy (non-hydrogen) atoms. The Labute approximate surface area is 117 Å². The molecule has 1 heterocycles. The van der Waals surface area contributed by atoms with Crippen LogP contribution in [0.5, 0.6) is 0 Å². The first kappa shape index (κ1) is 15.7. The second kappa shape index (κ2) is 7.91. The standard InChI is InChI=1S/C12H19ClN4O2/c1-8-9(2)17-12(11(13)16-8)15-5-4-10(18)14-6-7-19-3/h4-7H2,1-3H3,(H,14,18)(H,15,17). The van der Waals surface area contributed by atoms with Gasteiger partial charge in [0, 0.05) is 26.6 Å². The molecule has 0 fully saturated rings. The number of amides is 1. The monoisotopic (exact) mass is 286 g/mol. The minimum atomic E-state index is -0.0440. The molecule has 0 aliphatic heterocycles. The van der Waals surface area contributed by atoms with E-state index in [1.54, 1.807) is 7.11 Å². The van der Waals surface area contributed by atoms with Crippen LogP contribution >= 0.6 is 11.6 Å². The predicted molar refractivity (Wildman–Crippen MR) is 74.5 cm³/mol. The van der Waals surface area contributed by atoms with Crippen LogP contribution in [-0.2, 0) is 9.53 Å². The van der Waals surface area contributed by atoms with Crippen molar-refractivity contribution in [1.82, 2.24) is 15.3 Å². The van der Waals surface area contributed by atoms with Crippen LogP contribution in [0.2, 0.25) is 5.15 Å². The number of ether oxygens (including phenoxy) is 1. The topological polar surface area (TPSA) is 76.1 Å². The van der Waals surface area contributed by atoms with Crippen LogP contribution in [0.1, 0.15) is 17.8 Å². The van der Waals surface area contributed by atoms with Crippen LogP contribution in [0.15, 0.2) is 0 Å². The summed E-state index contributed by atoms with van der Waals surface area (Å²) in [7, 11) is 1.59. The molecule has 0 aliphatic carbocycles. The van der Waals surface area contributed by atoms with Gasteiger partial charge in [-0.05, 0) is 13.8 Å². The lowest BCUT2D eigenvalue weighted by Crippen LogP contribution is -2.28. The Morgan fingerprint density at radius 2 is 1.95 bits per heavy atom. The molecule has 0 bridgehead atoms.